The van der Waals surface area contributed by atoms with Gasteiger partial charge in [0.1, 0.15) is 11.4 Å². The van der Waals surface area contributed by atoms with E-state index in [9.17, 15) is 0 Å². The summed E-state index contributed by atoms with van der Waals surface area (Å²) >= 11 is 0. The number of anilines is 1. The molecule has 3 aromatic heterocycles. The molecule has 10 nitrogen and oxygen atoms in total. The van der Waals surface area contributed by atoms with Crippen LogP contribution in [0.4, 0.5) is 5.82 Å². The molecular weight excluding hydrogens is 454 g/mol. The lowest BCUT2D eigenvalue weighted by Gasteiger charge is -2.40. The second-order valence-corrected chi connectivity index (χ2v) is 10.2. The molecule has 1 aliphatic heterocycles. The number of piperidine rings is 1. The van der Waals surface area contributed by atoms with Gasteiger partial charge in [-0.2, -0.15) is 10.2 Å². The minimum atomic E-state index is 0.505. The first kappa shape index (κ1) is 22.9. The van der Waals surface area contributed by atoms with Crippen molar-refractivity contribution < 1.29 is 4.74 Å². The smallest absolute Gasteiger partial charge is 0.151 e. The Bertz CT molecular complexity index is 1310. The van der Waals surface area contributed by atoms with Gasteiger partial charge >= 0.3 is 0 Å². The molecule has 0 radical (unpaired) electrons. The summed E-state index contributed by atoms with van der Waals surface area (Å²) in [6.07, 6.45) is 10.4. The maximum atomic E-state index is 5.43. The lowest BCUT2D eigenvalue weighted by atomic mass is 9.84. The van der Waals surface area contributed by atoms with Crippen LogP contribution in [0.1, 0.15) is 37.8 Å². The van der Waals surface area contributed by atoms with Crippen LogP contribution in [0.2, 0.25) is 0 Å². The van der Waals surface area contributed by atoms with Gasteiger partial charge in [0.25, 0.3) is 0 Å². The Morgan fingerprint density at radius 1 is 1.11 bits per heavy atom. The third-order valence-corrected chi connectivity index (χ3v) is 7.73. The Kier molecular flexibility index (Phi) is 6.27. The first-order chi connectivity index (χ1) is 17.7. The molecule has 0 bridgehead atoms. The van der Waals surface area contributed by atoms with E-state index in [0.717, 1.165) is 58.4 Å². The highest BCUT2D eigenvalue weighted by atomic mass is 16.5. The molecule has 1 atom stereocenters. The molecule has 0 amide bonds. The van der Waals surface area contributed by atoms with Gasteiger partial charge in [-0.1, -0.05) is 11.6 Å². The summed E-state index contributed by atoms with van der Waals surface area (Å²) in [7, 11) is 3.94. The highest BCUT2D eigenvalue weighted by molar-refractivity contribution is 5.94. The summed E-state index contributed by atoms with van der Waals surface area (Å²) in [4.78, 5) is 4.95. The fourth-order valence-corrected chi connectivity index (χ4v) is 5.38. The number of aromatic amines is 1. The van der Waals surface area contributed by atoms with Gasteiger partial charge in [-0.3, -0.25) is 5.10 Å². The molecule has 2 aliphatic rings. The van der Waals surface area contributed by atoms with Crippen molar-refractivity contribution in [2.24, 2.45) is 5.92 Å². The monoisotopic (exact) mass is 487 g/mol. The summed E-state index contributed by atoms with van der Waals surface area (Å²) < 4.78 is 7.22. The summed E-state index contributed by atoms with van der Waals surface area (Å²) in [5.41, 5.74) is 3.43. The number of fused-ring (bicyclic) bond motifs is 1. The predicted octanol–water partition coefficient (Wildman–Crippen LogP) is 3.37. The highest BCUT2D eigenvalue weighted by Crippen LogP contribution is 2.31. The van der Waals surface area contributed by atoms with Crippen LogP contribution in [0.25, 0.3) is 22.2 Å². The van der Waals surface area contributed by atoms with E-state index in [0.29, 0.717) is 12.6 Å². The molecule has 1 N–H and O–H groups in total. The van der Waals surface area contributed by atoms with Crippen molar-refractivity contribution in [3.8, 4) is 17.0 Å². The maximum Gasteiger partial charge on any atom is 0.151 e. The fourth-order valence-electron chi connectivity index (χ4n) is 5.38. The summed E-state index contributed by atoms with van der Waals surface area (Å²) in [6.45, 7) is 3.79. The molecule has 36 heavy (non-hydrogen) atoms. The maximum absolute atomic E-state index is 5.43. The van der Waals surface area contributed by atoms with Crippen molar-refractivity contribution in [1.82, 2.24) is 40.3 Å². The first-order valence-corrected chi connectivity index (χ1v) is 12.9. The average Bonchev–Trinajstić information content (AvgIpc) is 3.55. The van der Waals surface area contributed by atoms with Crippen LogP contribution in [-0.4, -0.2) is 80.1 Å². The predicted molar refractivity (Wildman–Crippen MR) is 138 cm³/mol. The molecular formula is C26H33N9O. The molecule has 2 fully saturated rings. The van der Waals surface area contributed by atoms with Gasteiger partial charge in [-0.25, -0.2) is 4.68 Å². The van der Waals surface area contributed by atoms with Crippen molar-refractivity contribution in [3.63, 3.8) is 0 Å². The Hall–Kier alpha value is -3.53. The summed E-state index contributed by atoms with van der Waals surface area (Å²) in [5.74, 6) is 2.60. The molecule has 4 heterocycles. The normalized spacial score (nSPS) is 18.6. The van der Waals surface area contributed by atoms with Crippen LogP contribution in [0, 0.1) is 5.92 Å². The Balaban J connectivity index is 1.12. The molecule has 1 aliphatic carbocycles. The van der Waals surface area contributed by atoms with Crippen LogP contribution >= 0.6 is 0 Å². The van der Waals surface area contributed by atoms with Crippen LogP contribution in [-0.2, 0) is 6.54 Å². The number of likely N-dealkylation sites (N-methyl/N-ethyl adjacent to an activating group) is 1. The Morgan fingerprint density at radius 2 is 2.03 bits per heavy atom. The molecule has 6 rings (SSSR count). The molecule has 10 heteroatoms. The van der Waals surface area contributed by atoms with E-state index in [1.807, 2.05) is 24.4 Å². The standard InChI is InChI=1S/C26H33N9O/c1-33(14-18-5-3-6-18)20-7-4-10-34(16-20)26-9-8-19(28-31-26)15-35-17-25(30-32-35)22-11-21(36-2)12-24-23(22)13-27-29-24/h8-9,11-13,17-18,20H,3-7,10,14-16H2,1-2H3,(H,27,29). The van der Waals surface area contributed by atoms with Crippen molar-refractivity contribution in [2.75, 3.05) is 38.7 Å². The molecule has 0 spiro atoms. The van der Waals surface area contributed by atoms with E-state index in [4.69, 9.17) is 4.74 Å². The number of benzene rings is 1. The number of aromatic nitrogens is 7. The molecule has 1 aromatic carbocycles. The van der Waals surface area contributed by atoms with E-state index in [2.05, 4.69) is 53.6 Å². The Labute approximate surface area is 210 Å². The van der Waals surface area contributed by atoms with Gasteiger partial charge in [-0.15, -0.1) is 10.2 Å². The van der Waals surface area contributed by atoms with Gasteiger partial charge < -0.3 is 14.5 Å². The lowest BCUT2D eigenvalue weighted by Crippen LogP contribution is -2.48. The van der Waals surface area contributed by atoms with Crippen molar-refractivity contribution in [3.05, 3.63) is 42.4 Å². The van der Waals surface area contributed by atoms with E-state index >= 15 is 0 Å². The third-order valence-electron chi connectivity index (χ3n) is 7.73. The first-order valence-electron chi connectivity index (χ1n) is 12.9. The molecule has 1 saturated carbocycles. The van der Waals surface area contributed by atoms with Gasteiger partial charge in [0.2, 0.25) is 0 Å². The van der Waals surface area contributed by atoms with Gasteiger partial charge in [-0.05, 0) is 56.8 Å². The zero-order valence-electron chi connectivity index (χ0n) is 21.0. The highest BCUT2D eigenvalue weighted by Gasteiger charge is 2.27. The number of rotatable bonds is 8. The van der Waals surface area contributed by atoms with Crippen LogP contribution < -0.4 is 9.64 Å². The minimum absolute atomic E-state index is 0.505. The van der Waals surface area contributed by atoms with Gasteiger partial charge in [0, 0.05) is 42.7 Å². The second-order valence-electron chi connectivity index (χ2n) is 10.2. The van der Waals surface area contributed by atoms with E-state index < -0.39 is 0 Å². The number of nitrogens with zero attached hydrogens (tertiary/aromatic N) is 8. The van der Waals surface area contributed by atoms with Crippen molar-refractivity contribution in [2.45, 2.75) is 44.7 Å². The SMILES string of the molecule is COc1cc(-c2cn(Cc3ccc(N4CCCC(N(C)CC5CCC5)C4)nn3)nn2)c2cn[nH]c2c1. The number of methoxy groups -OCH3 is 1. The Morgan fingerprint density at radius 3 is 2.81 bits per heavy atom. The van der Waals surface area contributed by atoms with Gasteiger partial charge in [0.15, 0.2) is 5.82 Å². The van der Waals surface area contributed by atoms with E-state index in [-0.39, 0.29) is 0 Å². The zero-order chi connectivity index (χ0) is 24.5. The van der Waals surface area contributed by atoms with Crippen LogP contribution in [0.3, 0.4) is 0 Å². The number of hydrogen-bond donors (Lipinski definition) is 1. The molecule has 4 aromatic rings. The zero-order valence-corrected chi connectivity index (χ0v) is 21.0. The topological polar surface area (TPSA) is 101 Å². The molecule has 188 valence electrons. The number of hydrogen-bond acceptors (Lipinski definition) is 8. The minimum Gasteiger partial charge on any atom is -0.497 e. The average molecular weight is 488 g/mol. The van der Waals surface area contributed by atoms with E-state index in [1.165, 1.54) is 38.6 Å². The lowest BCUT2D eigenvalue weighted by molar-refractivity contribution is 0.149. The molecule has 1 unspecified atom stereocenters. The number of H-pyrrole nitrogens is 1. The number of nitrogens with one attached hydrogen (secondary N) is 1. The van der Waals surface area contributed by atoms with Crippen LogP contribution in [0.15, 0.2) is 36.7 Å². The summed E-state index contributed by atoms with van der Waals surface area (Å²) in [6, 6.07) is 8.60. The quantitative estimate of drug-likeness (QED) is 0.404. The van der Waals surface area contributed by atoms with Gasteiger partial charge in [0.05, 0.1) is 37.3 Å². The molecule has 1 saturated heterocycles. The second kappa shape index (κ2) is 9.85. The van der Waals surface area contributed by atoms with Crippen molar-refractivity contribution >= 4 is 16.7 Å². The summed E-state index contributed by atoms with van der Waals surface area (Å²) in [5, 5.41) is 25.9. The van der Waals surface area contributed by atoms with Crippen LogP contribution in [0.5, 0.6) is 5.75 Å². The largest absolute Gasteiger partial charge is 0.497 e. The van der Waals surface area contributed by atoms with E-state index in [1.54, 1.807) is 18.0 Å². The van der Waals surface area contributed by atoms with Crippen molar-refractivity contribution in [1.29, 1.82) is 0 Å². The fraction of sp³-hybridized carbons (Fsp3) is 0.500. The number of ether oxygens (including phenoxy) is 1. The third kappa shape index (κ3) is 4.65.